The molecule has 0 saturated carbocycles. The van der Waals surface area contributed by atoms with E-state index in [1.165, 1.54) is 0 Å². The molecule has 0 radical (unpaired) electrons. The van der Waals surface area contributed by atoms with E-state index in [2.05, 4.69) is 21.2 Å². The number of anilines is 1. The molecule has 1 N–H and O–H groups in total. The Morgan fingerprint density at radius 3 is 2.79 bits per heavy atom. The van der Waals surface area contributed by atoms with Crippen molar-refractivity contribution in [3.05, 3.63) is 52.4 Å². The number of para-hydroxylation sites is 1. The van der Waals surface area contributed by atoms with Crippen molar-refractivity contribution < 1.29 is 13.9 Å². The predicted molar refractivity (Wildman–Crippen MR) is 76.1 cm³/mol. The lowest BCUT2D eigenvalue weighted by Gasteiger charge is -2.10. The second kappa shape index (κ2) is 6.43. The predicted octanol–water partition coefficient (Wildman–Crippen LogP) is 3.83. The molecular weight excluding hydrogens is 310 g/mol. The molecular formula is C14H14BrNO3. The summed E-state index contributed by atoms with van der Waals surface area (Å²) in [6.45, 7) is 2.65. The number of furan rings is 1. The number of halogens is 1. The van der Waals surface area contributed by atoms with Crippen molar-refractivity contribution >= 4 is 27.6 Å². The van der Waals surface area contributed by atoms with E-state index >= 15 is 0 Å². The van der Waals surface area contributed by atoms with Gasteiger partial charge in [0.15, 0.2) is 4.67 Å². The van der Waals surface area contributed by atoms with Crippen molar-refractivity contribution in [2.45, 2.75) is 13.5 Å². The maximum atomic E-state index is 11.8. The first-order valence-corrected chi connectivity index (χ1v) is 6.74. The molecule has 0 aliphatic rings. The van der Waals surface area contributed by atoms with E-state index in [1.807, 2.05) is 24.3 Å². The van der Waals surface area contributed by atoms with E-state index in [0.29, 0.717) is 23.4 Å². The van der Waals surface area contributed by atoms with Crippen LogP contribution >= 0.6 is 15.9 Å². The van der Waals surface area contributed by atoms with Crippen LogP contribution in [0, 0.1) is 0 Å². The smallest absolute Gasteiger partial charge is 0.340 e. The van der Waals surface area contributed by atoms with Gasteiger partial charge in [0.25, 0.3) is 0 Å². The third kappa shape index (κ3) is 3.61. The van der Waals surface area contributed by atoms with Gasteiger partial charge in [-0.1, -0.05) is 12.1 Å². The number of nitrogens with one attached hydrogen (secondary N) is 1. The zero-order chi connectivity index (χ0) is 13.7. The fraction of sp³-hybridized carbons (Fsp3) is 0.214. The minimum Gasteiger partial charge on any atom is -0.462 e. The average Bonchev–Trinajstić information content (AvgIpc) is 2.83. The maximum absolute atomic E-state index is 11.8. The fourth-order valence-electron chi connectivity index (χ4n) is 1.65. The van der Waals surface area contributed by atoms with Crippen molar-refractivity contribution in [1.82, 2.24) is 0 Å². The minimum absolute atomic E-state index is 0.328. The molecule has 0 bridgehead atoms. The second-order valence-corrected chi connectivity index (χ2v) is 4.61. The summed E-state index contributed by atoms with van der Waals surface area (Å²) < 4.78 is 11.1. The van der Waals surface area contributed by atoms with E-state index < -0.39 is 0 Å². The third-order valence-corrected chi connectivity index (χ3v) is 2.93. The number of ether oxygens (including phenoxy) is 1. The van der Waals surface area contributed by atoms with Gasteiger partial charge in [0, 0.05) is 5.69 Å². The van der Waals surface area contributed by atoms with Crippen LogP contribution in [0.5, 0.6) is 0 Å². The number of hydrogen-bond donors (Lipinski definition) is 1. The first kappa shape index (κ1) is 13.7. The molecule has 0 aliphatic heterocycles. The summed E-state index contributed by atoms with van der Waals surface area (Å²) >= 11 is 3.25. The van der Waals surface area contributed by atoms with Gasteiger partial charge in [0.05, 0.1) is 18.7 Å². The van der Waals surface area contributed by atoms with Gasteiger partial charge < -0.3 is 14.5 Å². The van der Waals surface area contributed by atoms with Crippen LogP contribution in [0.25, 0.3) is 0 Å². The summed E-state index contributed by atoms with van der Waals surface area (Å²) in [7, 11) is 0. The Kier molecular flexibility index (Phi) is 4.63. The van der Waals surface area contributed by atoms with Gasteiger partial charge in [-0.05, 0) is 47.1 Å². The summed E-state index contributed by atoms with van der Waals surface area (Å²) in [5, 5.41) is 3.17. The van der Waals surface area contributed by atoms with E-state index in [9.17, 15) is 4.79 Å². The minimum atomic E-state index is -0.328. The highest BCUT2D eigenvalue weighted by Crippen LogP contribution is 2.19. The molecule has 0 fully saturated rings. The van der Waals surface area contributed by atoms with Crippen LogP contribution in [0.4, 0.5) is 5.69 Å². The molecule has 0 amide bonds. The van der Waals surface area contributed by atoms with E-state index in [1.54, 1.807) is 19.1 Å². The molecule has 19 heavy (non-hydrogen) atoms. The molecule has 0 aliphatic carbocycles. The van der Waals surface area contributed by atoms with Gasteiger partial charge in [0.1, 0.15) is 5.76 Å². The lowest BCUT2D eigenvalue weighted by molar-refractivity contribution is 0.0527. The number of esters is 1. The molecule has 4 nitrogen and oxygen atoms in total. The van der Waals surface area contributed by atoms with Crippen molar-refractivity contribution in [2.24, 2.45) is 0 Å². The van der Waals surface area contributed by atoms with Crippen LogP contribution in [0.15, 0.2) is 45.5 Å². The monoisotopic (exact) mass is 323 g/mol. The topological polar surface area (TPSA) is 51.5 Å². The Morgan fingerprint density at radius 1 is 1.32 bits per heavy atom. The normalized spacial score (nSPS) is 10.2. The molecule has 2 aromatic rings. The van der Waals surface area contributed by atoms with Gasteiger partial charge in [0.2, 0.25) is 0 Å². The number of carbonyl (C=O) groups is 1. The number of rotatable bonds is 5. The standard InChI is InChI=1S/C14H14BrNO3/c1-2-18-14(17)11-5-3-4-6-12(11)16-9-10-7-8-13(15)19-10/h3-8,16H,2,9H2,1H3. The Bertz CT molecular complexity index is 565. The molecule has 1 aromatic heterocycles. The lowest BCUT2D eigenvalue weighted by Crippen LogP contribution is -2.09. The first-order valence-electron chi connectivity index (χ1n) is 5.95. The van der Waals surface area contributed by atoms with Gasteiger partial charge in [-0.25, -0.2) is 4.79 Å². The summed E-state index contributed by atoms with van der Waals surface area (Å²) in [4.78, 5) is 11.8. The molecule has 0 atom stereocenters. The average molecular weight is 324 g/mol. The summed E-state index contributed by atoms with van der Waals surface area (Å²) in [6.07, 6.45) is 0. The first-order chi connectivity index (χ1) is 9.20. The highest BCUT2D eigenvalue weighted by molar-refractivity contribution is 9.10. The zero-order valence-electron chi connectivity index (χ0n) is 10.5. The van der Waals surface area contributed by atoms with Crippen molar-refractivity contribution in [3.8, 4) is 0 Å². The number of benzene rings is 1. The van der Waals surface area contributed by atoms with Gasteiger partial charge in [-0.2, -0.15) is 0 Å². The van der Waals surface area contributed by atoms with Crippen molar-refractivity contribution in [3.63, 3.8) is 0 Å². The van der Waals surface area contributed by atoms with Crippen LogP contribution in [0.1, 0.15) is 23.0 Å². The highest BCUT2D eigenvalue weighted by Gasteiger charge is 2.11. The van der Waals surface area contributed by atoms with Crippen LogP contribution in [-0.2, 0) is 11.3 Å². The van der Waals surface area contributed by atoms with E-state index in [4.69, 9.17) is 9.15 Å². The number of hydrogen-bond acceptors (Lipinski definition) is 4. The molecule has 1 heterocycles. The summed E-state index contributed by atoms with van der Waals surface area (Å²) in [5.74, 6) is 0.455. The number of carbonyl (C=O) groups excluding carboxylic acids is 1. The molecule has 1 aromatic carbocycles. The Labute approximate surface area is 119 Å². The molecule has 5 heteroatoms. The SMILES string of the molecule is CCOC(=O)c1ccccc1NCc1ccc(Br)o1. The van der Waals surface area contributed by atoms with Gasteiger partial charge in [-0.3, -0.25) is 0 Å². The van der Waals surface area contributed by atoms with Crippen LogP contribution in [0.2, 0.25) is 0 Å². The highest BCUT2D eigenvalue weighted by atomic mass is 79.9. The Morgan fingerprint density at radius 2 is 2.11 bits per heavy atom. The molecule has 0 saturated heterocycles. The quantitative estimate of drug-likeness (QED) is 0.849. The van der Waals surface area contributed by atoms with Crippen molar-refractivity contribution in [2.75, 3.05) is 11.9 Å². The summed E-state index contributed by atoms with van der Waals surface area (Å²) in [6, 6.07) is 10.9. The summed E-state index contributed by atoms with van der Waals surface area (Å²) in [5.41, 5.74) is 1.25. The molecule has 0 spiro atoms. The molecule has 0 unspecified atom stereocenters. The van der Waals surface area contributed by atoms with Gasteiger partial charge >= 0.3 is 5.97 Å². The van der Waals surface area contributed by atoms with Crippen molar-refractivity contribution in [1.29, 1.82) is 0 Å². The second-order valence-electron chi connectivity index (χ2n) is 3.83. The van der Waals surface area contributed by atoms with Crippen LogP contribution < -0.4 is 5.32 Å². The fourth-order valence-corrected chi connectivity index (χ4v) is 1.99. The molecule has 100 valence electrons. The third-order valence-electron chi connectivity index (χ3n) is 2.50. The van der Waals surface area contributed by atoms with E-state index in [0.717, 1.165) is 11.4 Å². The largest absolute Gasteiger partial charge is 0.462 e. The van der Waals surface area contributed by atoms with Gasteiger partial charge in [-0.15, -0.1) is 0 Å². The van der Waals surface area contributed by atoms with E-state index in [-0.39, 0.29) is 5.97 Å². The van der Waals surface area contributed by atoms with Crippen LogP contribution in [0.3, 0.4) is 0 Å². The lowest BCUT2D eigenvalue weighted by atomic mass is 10.2. The zero-order valence-corrected chi connectivity index (χ0v) is 12.1. The maximum Gasteiger partial charge on any atom is 0.340 e. The Hall–Kier alpha value is -1.75. The molecule has 2 rings (SSSR count). The van der Waals surface area contributed by atoms with Crippen LogP contribution in [-0.4, -0.2) is 12.6 Å². The Balaban J connectivity index is 2.09.